The van der Waals surface area contributed by atoms with Gasteiger partial charge in [-0.1, -0.05) is 53.5 Å². The number of carbonyl (C=O) groups is 1. The van der Waals surface area contributed by atoms with Crippen molar-refractivity contribution in [1.29, 1.82) is 0 Å². The number of piperidine rings is 1. The number of benzene rings is 2. The summed E-state index contributed by atoms with van der Waals surface area (Å²) in [7, 11) is 2.15. The van der Waals surface area contributed by atoms with Gasteiger partial charge in [-0.3, -0.25) is 9.00 Å². The van der Waals surface area contributed by atoms with E-state index in [1.165, 1.54) is 18.2 Å². The van der Waals surface area contributed by atoms with Crippen LogP contribution in [0, 0.1) is 0 Å². The summed E-state index contributed by atoms with van der Waals surface area (Å²) >= 11 is 12.4. The number of nitrogens with zero attached hydrogens (tertiary/aromatic N) is 2. The van der Waals surface area contributed by atoms with Gasteiger partial charge in [0.05, 0.1) is 20.3 Å². The van der Waals surface area contributed by atoms with E-state index in [0.717, 1.165) is 36.4 Å². The molecule has 11 heteroatoms. The minimum absolute atomic E-state index is 0.0194. The zero-order valence-corrected chi connectivity index (χ0v) is 23.7. The highest BCUT2D eigenvalue weighted by atomic mass is 35.5. The van der Waals surface area contributed by atoms with Crippen LogP contribution in [0.1, 0.15) is 42.4 Å². The minimum atomic E-state index is -4.58. The van der Waals surface area contributed by atoms with Crippen LogP contribution in [0.25, 0.3) is 0 Å². The number of fused-ring (bicyclic) bond motifs is 2. The lowest BCUT2D eigenvalue weighted by molar-refractivity contribution is -0.161. The highest BCUT2D eigenvalue weighted by Gasteiger charge is 2.47. The number of hydrogen-bond acceptors (Lipinski definition) is 4. The van der Waals surface area contributed by atoms with Crippen molar-refractivity contribution in [2.24, 2.45) is 0 Å². The number of amides is 1. The summed E-state index contributed by atoms with van der Waals surface area (Å²) in [6, 6.07) is 13.3. The highest BCUT2D eigenvalue weighted by molar-refractivity contribution is 7.85. The Labute approximate surface area is 234 Å². The van der Waals surface area contributed by atoms with Gasteiger partial charge in [-0.05, 0) is 68.2 Å². The smallest absolute Gasteiger partial charge is 0.343 e. The van der Waals surface area contributed by atoms with E-state index in [2.05, 4.69) is 22.3 Å². The number of likely N-dealkylation sites (N-methyl/N-ethyl adjacent to an activating group) is 2. The molecule has 0 saturated carbocycles. The lowest BCUT2D eigenvalue weighted by atomic mass is 9.84. The Hall–Kier alpha value is -1.65. The number of hydrogen-bond donors (Lipinski definition) is 1. The van der Waals surface area contributed by atoms with Crippen LogP contribution in [0.4, 0.5) is 13.2 Å². The summed E-state index contributed by atoms with van der Waals surface area (Å²) in [5, 5.41) is 3.98. The first-order valence-corrected chi connectivity index (χ1v) is 14.6. The summed E-state index contributed by atoms with van der Waals surface area (Å²) in [6.07, 6.45) is -4.03. The molecule has 1 N–H and O–H groups in total. The summed E-state index contributed by atoms with van der Waals surface area (Å²) in [5.74, 6) is -0.409. The molecule has 1 spiro atoms. The predicted molar refractivity (Wildman–Crippen MR) is 146 cm³/mol. The van der Waals surface area contributed by atoms with Crippen molar-refractivity contribution < 1.29 is 22.2 Å². The molecule has 2 aromatic rings. The molecule has 1 fully saturated rings. The monoisotopic (exact) mass is 589 g/mol. The Bertz CT molecular complexity index is 1200. The Morgan fingerprint density at radius 1 is 1.13 bits per heavy atom. The summed E-state index contributed by atoms with van der Waals surface area (Å²) in [4.78, 5) is 15.8. The maximum absolute atomic E-state index is 13.1. The fraction of sp³-hybridized carbons (Fsp3) is 0.519. The van der Waals surface area contributed by atoms with E-state index in [-0.39, 0.29) is 11.3 Å². The molecule has 38 heavy (non-hydrogen) atoms. The number of halogens is 5. The van der Waals surface area contributed by atoms with Gasteiger partial charge in [0, 0.05) is 36.7 Å². The van der Waals surface area contributed by atoms with Crippen LogP contribution in [-0.4, -0.2) is 66.4 Å². The molecule has 5 nitrogen and oxygen atoms in total. The Kier molecular flexibility index (Phi) is 8.84. The molecule has 2 aliphatic heterocycles. The van der Waals surface area contributed by atoms with Crippen molar-refractivity contribution >= 4 is 39.9 Å². The fourth-order valence-corrected chi connectivity index (χ4v) is 7.92. The first-order valence-electron chi connectivity index (χ1n) is 12.5. The van der Waals surface area contributed by atoms with Crippen molar-refractivity contribution in [3.63, 3.8) is 0 Å². The van der Waals surface area contributed by atoms with Crippen molar-refractivity contribution in [3.8, 4) is 0 Å². The third-order valence-corrected chi connectivity index (χ3v) is 10.8. The highest BCUT2D eigenvalue weighted by Crippen LogP contribution is 2.46. The van der Waals surface area contributed by atoms with Crippen LogP contribution in [0.2, 0.25) is 10.0 Å². The van der Waals surface area contributed by atoms with Gasteiger partial charge in [0.2, 0.25) is 5.91 Å². The van der Waals surface area contributed by atoms with E-state index in [1.54, 1.807) is 25.2 Å². The molecule has 0 aromatic heterocycles. The maximum Gasteiger partial charge on any atom is 0.397 e. The van der Waals surface area contributed by atoms with Crippen LogP contribution in [0.5, 0.6) is 0 Å². The predicted octanol–water partition coefficient (Wildman–Crippen LogP) is 5.46. The topological polar surface area (TPSA) is 52.7 Å². The fourth-order valence-electron chi connectivity index (χ4n) is 5.73. The van der Waals surface area contributed by atoms with Crippen LogP contribution in [0.3, 0.4) is 0 Å². The lowest BCUT2D eigenvalue weighted by Gasteiger charge is -2.42. The van der Waals surface area contributed by atoms with Crippen LogP contribution >= 0.6 is 23.2 Å². The van der Waals surface area contributed by atoms with E-state index < -0.39 is 34.8 Å². The molecule has 1 saturated heterocycles. The van der Waals surface area contributed by atoms with Gasteiger partial charge in [0.25, 0.3) is 0 Å². The summed E-state index contributed by atoms with van der Waals surface area (Å²) in [6.45, 7) is 2.16. The van der Waals surface area contributed by atoms with Gasteiger partial charge in [0.1, 0.15) is 6.42 Å². The number of carbonyl (C=O) groups excluding carboxylic acids is 1. The van der Waals surface area contributed by atoms with Crippen LogP contribution in [0.15, 0.2) is 42.5 Å². The van der Waals surface area contributed by atoms with E-state index in [4.69, 9.17) is 23.2 Å². The molecule has 2 aromatic carbocycles. The average molecular weight is 591 g/mol. The summed E-state index contributed by atoms with van der Waals surface area (Å²) < 4.78 is 51.6. The van der Waals surface area contributed by atoms with E-state index in [1.807, 2.05) is 12.1 Å². The second-order valence-electron chi connectivity index (χ2n) is 10.2. The molecule has 0 radical (unpaired) electrons. The zero-order valence-electron chi connectivity index (χ0n) is 21.4. The quantitative estimate of drug-likeness (QED) is 0.444. The first-order chi connectivity index (χ1) is 17.9. The largest absolute Gasteiger partial charge is 0.397 e. The molecule has 1 amide bonds. The van der Waals surface area contributed by atoms with Crippen molar-refractivity contribution in [2.45, 2.75) is 47.9 Å². The molecular formula is C27H32Cl2F3N3O2S. The average Bonchev–Trinajstić information content (AvgIpc) is 3.14. The minimum Gasteiger partial charge on any atom is -0.343 e. The van der Waals surface area contributed by atoms with Gasteiger partial charge in [-0.25, -0.2) is 0 Å². The Balaban J connectivity index is 1.51. The van der Waals surface area contributed by atoms with Crippen LogP contribution < -0.4 is 5.32 Å². The Morgan fingerprint density at radius 3 is 2.45 bits per heavy atom. The Morgan fingerprint density at radius 2 is 1.82 bits per heavy atom. The molecular weight excluding hydrogens is 558 g/mol. The lowest BCUT2D eigenvalue weighted by Crippen LogP contribution is -2.53. The molecule has 4 rings (SSSR count). The van der Waals surface area contributed by atoms with Gasteiger partial charge < -0.3 is 15.1 Å². The first kappa shape index (κ1) is 29.3. The molecule has 2 heterocycles. The van der Waals surface area contributed by atoms with E-state index in [9.17, 15) is 22.2 Å². The third kappa shape index (κ3) is 6.07. The maximum atomic E-state index is 13.1. The van der Waals surface area contributed by atoms with E-state index >= 15 is 0 Å². The van der Waals surface area contributed by atoms with Crippen molar-refractivity contribution in [2.75, 3.05) is 40.3 Å². The number of nitrogens with one attached hydrogen (secondary N) is 1. The molecule has 0 bridgehead atoms. The zero-order chi connectivity index (χ0) is 27.7. The standard InChI is InChI=1S/C27H32Cl2F3N3O2S/c1-33-25(20-7-8-22(28)23(29)15-20,18-34(2)24(36)16-27(30,31)32)9-12-35-13-10-26(11-14-35)21-6-4-3-5-19(21)17-38(26)37/h3-8,15,33H,9-14,16-18H2,1-2H3/t25?,38-/m1/s1. The van der Waals surface area contributed by atoms with Crippen LogP contribution in [-0.2, 0) is 31.6 Å². The summed E-state index contributed by atoms with van der Waals surface area (Å²) in [5.41, 5.74) is 2.24. The molecule has 0 aliphatic carbocycles. The van der Waals surface area contributed by atoms with Gasteiger partial charge in [0.15, 0.2) is 0 Å². The van der Waals surface area contributed by atoms with E-state index in [0.29, 0.717) is 28.8 Å². The van der Waals surface area contributed by atoms with Crippen molar-refractivity contribution in [3.05, 3.63) is 69.2 Å². The molecule has 2 aliphatic rings. The second kappa shape index (κ2) is 11.5. The van der Waals surface area contributed by atoms with Crippen molar-refractivity contribution in [1.82, 2.24) is 15.1 Å². The van der Waals surface area contributed by atoms with Gasteiger partial charge >= 0.3 is 6.18 Å². The number of likely N-dealkylation sites (tertiary alicyclic amines) is 1. The van der Waals surface area contributed by atoms with Gasteiger partial charge in [-0.15, -0.1) is 0 Å². The third-order valence-electron chi connectivity index (χ3n) is 7.98. The normalized spacial score (nSPS) is 20.8. The number of rotatable bonds is 8. The SMILES string of the molecule is CNC(CCN1CCC2(CC1)c1ccccc1C[S@]2=O)(CN(C)C(=O)CC(F)(F)F)c1ccc(Cl)c(Cl)c1. The molecule has 2 atom stereocenters. The second-order valence-corrected chi connectivity index (χ2v) is 12.8. The molecule has 208 valence electrons. The number of alkyl halides is 3. The molecule has 1 unspecified atom stereocenters. The van der Waals surface area contributed by atoms with Gasteiger partial charge in [-0.2, -0.15) is 13.2 Å².